The monoisotopic (exact) mass is 669 g/mol. The summed E-state index contributed by atoms with van der Waals surface area (Å²) in [7, 11) is 0. The van der Waals surface area contributed by atoms with Gasteiger partial charge >= 0.3 is 0 Å². The van der Waals surface area contributed by atoms with Crippen molar-refractivity contribution in [2.45, 2.75) is 24.9 Å². The molecule has 11 rings (SSSR count). The largest absolute Gasteiger partial charge is 0.484 e. The summed E-state index contributed by atoms with van der Waals surface area (Å²) in [6.45, 7) is 0. The molecule has 5 heteroatoms. The lowest BCUT2D eigenvalue weighted by atomic mass is 9.77. The Kier molecular flexibility index (Phi) is 6.44. The van der Waals surface area contributed by atoms with Crippen molar-refractivity contribution in [2.24, 2.45) is 0 Å². The molecule has 0 saturated heterocycles. The summed E-state index contributed by atoms with van der Waals surface area (Å²) >= 11 is 0. The van der Waals surface area contributed by atoms with Crippen LogP contribution in [0.2, 0.25) is 0 Å². The molecule has 2 aliphatic carbocycles. The summed E-state index contributed by atoms with van der Waals surface area (Å²) in [4.78, 5) is 15.5. The molecule has 0 saturated carbocycles. The molecule has 1 aliphatic heterocycles. The molecule has 5 nitrogen and oxygen atoms in total. The number of benzene rings is 6. The number of hydrogen-bond donors (Lipinski definition) is 0. The van der Waals surface area contributed by atoms with E-state index >= 15 is 0 Å². The van der Waals surface area contributed by atoms with Gasteiger partial charge in [0.1, 0.15) is 23.0 Å². The van der Waals surface area contributed by atoms with Crippen LogP contribution in [0.25, 0.3) is 72.7 Å². The summed E-state index contributed by atoms with van der Waals surface area (Å²) in [6, 6.07) is 44.1. The van der Waals surface area contributed by atoms with E-state index in [-0.39, 0.29) is 12.0 Å². The molecule has 52 heavy (non-hydrogen) atoms. The molecular weight excluding hydrogens is 639 g/mol. The Labute approximate surface area is 300 Å². The first-order chi connectivity index (χ1) is 25.8. The number of rotatable bonds is 4. The maximum absolute atomic E-state index is 6.92. The Balaban J connectivity index is 1.12. The van der Waals surface area contributed by atoms with Gasteiger partial charge in [-0.15, -0.1) is 0 Å². The van der Waals surface area contributed by atoms with Gasteiger partial charge in [0.15, 0.2) is 17.5 Å². The van der Waals surface area contributed by atoms with E-state index in [1.165, 1.54) is 33.0 Å². The lowest BCUT2D eigenvalue weighted by molar-refractivity contribution is 0.281. The average Bonchev–Trinajstić information content (AvgIpc) is 3.79. The van der Waals surface area contributed by atoms with E-state index in [9.17, 15) is 0 Å². The van der Waals surface area contributed by atoms with Gasteiger partial charge in [-0.2, -0.15) is 0 Å². The third-order valence-electron chi connectivity index (χ3n) is 10.8. The molecule has 3 aliphatic rings. The van der Waals surface area contributed by atoms with Crippen molar-refractivity contribution >= 4 is 49.9 Å². The van der Waals surface area contributed by atoms with E-state index in [0.29, 0.717) is 17.5 Å². The zero-order valence-electron chi connectivity index (χ0n) is 28.2. The molecule has 2 aromatic heterocycles. The van der Waals surface area contributed by atoms with Gasteiger partial charge in [-0.3, -0.25) is 0 Å². The van der Waals surface area contributed by atoms with Crippen LogP contribution in [0.1, 0.15) is 40.4 Å². The summed E-state index contributed by atoms with van der Waals surface area (Å²) in [6.07, 6.45) is 10.9. The number of fused-ring (bicyclic) bond motifs is 9. The van der Waals surface area contributed by atoms with Crippen LogP contribution >= 0.6 is 0 Å². The Morgan fingerprint density at radius 1 is 0.558 bits per heavy atom. The molecule has 2 unspecified atom stereocenters. The Morgan fingerprint density at radius 2 is 1.27 bits per heavy atom. The molecule has 6 aromatic carbocycles. The van der Waals surface area contributed by atoms with Crippen LogP contribution in [-0.4, -0.2) is 21.1 Å². The molecule has 8 aromatic rings. The van der Waals surface area contributed by atoms with E-state index in [1.807, 2.05) is 60.7 Å². The van der Waals surface area contributed by atoms with Gasteiger partial charge in [-0.05, 0) is 64.6 Å². The Hall–Kier alpha value is -6.59. The SMILES string of the molecule is C1=Cc2c(cc(C3=CC=C(c4nc(-c5ccccc5)nc(-c5ccc6c(c5)oc5ccccc56)n4)C4c5ccccc5OC34)c3ccccc23)CC1. The molecule has 0 radical (unpaired) electrons. The van der Waals surface area contributed by atoms with Crippen LogP contribution < -0.4 is 4.74 Å². The van der Waals surface area contributed by atoms with Gasteiger partial charge in [-0.1, -0.05) is 127 Å². The van der Waals surface area contributed by atoms with Gasteiger partial charge in [-0.25, -0.2) is 15.0 Å². The topological polar surface area (TPSA) is 61.0 Å². The van der Waals surface area contributed by atoms with Crippen molar-refractivity contribution < 1.29 is 9.15 Å². The molecule has 0 bridgehead atoms. The first-order valence-corrected chi connectivity index (χ1v) is 17.9. The van der Waals surface area contributed by atoms with Gasteiger partial charge in [0, 0.05) is 38.6 Å². The van der Waals surface area contributed by atoms with Crippen LogP contribution in [0.4, 0.5) is 0 Å². The first kappa shape index (κ1) is 29.2. The van der Waals surface area contributed by atoms with Crippen LogP contribution in [0.5, 0.6) is 5.75 Å². The van der Waals surface area contributed by atoms with Crippen LogP contribution in [-0.2, 0) is 6.42 Å². The Bertz CT molecular complexity index is 2850. The molecule has 3 heterocycles. The first-order valence-electron chi connectivity index (χ1n) is 17.9. The number of nitrogens with zero attached hydrogens (tertiary/aromatic N) is 3. The van der Waals surface area contributed by atoms with Crippen molar-refractivity contribution in [1.82, 2.24) is 15.0 Å². The summed E-state index contributed by atoms with van der Waals surface area (Å²) in [5, 5.41) is 4.68. The normalized spacial score (nSPS) is 17.4. The number of aromatic nitrogens is 3. The van der Waals surface area contributed by atoms with Crippen molar-refractivity contribution in [3.63, 3.8) is 0 Å². The van der Waals surface area contributed by atoms with Crippen molar-refractivity contribution in [1.29, 1.82) is 0 Å². The number of ether oxygens (including phenoxy) is 1. The maximum atomic E-state index is 6.92. The van der Waals surface area contributed by atoms with E-state index in [4.69, 9.17) is 24.1 Å². The van der Waals surface area contributed by atoms with E-state index in [1.54, 1.807) is 0 Å². The fourth-order valence-electron chi connectivity index (χ4n) is 8.37. The highest BCUT2D eigenvalue weighted by atomic mass is 16.5. The molecule has 0 spiro atoms. The zero-order valence-corrected chi connectivity index (χ0v) is 28.2. The smallest absolute Gasteiger partial charge is 0.164 e. The lowest BCUT2D eigenvalue weighted by Crippen LogP contribution is -2.25. The second kappa shape index (κ2) is 11.5. The van der Waals surface area contributed by atoms with Crippen LogP contribution in [0, 0.1) is 0 Å². The highest BCUT2D eigenvalue weighted by molar-refractivity contribution is 6.06. The molecule has 0 N–H and O–H groups in total. The highest BCUT2D eigenvalue weighted by Crippen LogP contribution is 2.52. The predicted octanol–water partition coefficient (Wildman–Crippen LogP) is 11.2. The fraction of sp³-hybridized carbons (Fsp3) is 0.0851. The third-order valence-corrected chi connectivity index (χ3v) is 10.8. The number of allylic oxidation sites excluding steroid dienone is 3. The second-order valence-corrected chi connectivity index (χ2v) is 13.8. The summed E-state index contributed by atoms with van der Waals surface area (Å²) in [5.74, 6) is 2.65. The molecule has 0 fully saturated rings. The van der Waals surface area contributed by atoms with Crippen LogP contribution in [0.15, 0.2) is 150 Å². The highest BCUT2D eigenvalue weighted by Gasteiger charge is 2.43. The predicted molar refractivity (Wildman–Crippen MR) is 209 cm³/mol. The average molecular weight is 670 g/mol. The molecule has 2 atom stereocenters. The van der Waals surface area contributed by atoms with Gasteiger partial charge in [0.2, 0.25) is 0 Å². The van der Waals surface area contributed by atoms with Crippen molar-refractivity contribution in [3.05, 3.63) is 174 Å². The van der Waals surface area contributed by atoms with E-state index < -0.39 is 0 Å². The summed E-state index contributed by atoms with van der Waals surface area (Å²) in [5.41, 5.74) is 10.7. The van der Waals surface area contributed by atoms with E-state index in [2.05, 4.69) is 91.0 Å². The third kappa shape index (κ3) is 4.52. The zero-order chi connectivity index (χ0) is 34.2. The fourth-order valence-corrected chi connectivity index (χ4v) is 8.37. The van der Waals surface area contributed by atoms with Crippen LogP contribution in [0.3, 0.4) is 0 Å². The minimum Gasteiger partial charge on any atom is -0.484 e. The lowest BCUT2D eigenvalue weighted by Gasteiger charge is -2.29. The second-order valence-electron chi connectivity index (χ2n) is 13.8. The summed E-state index contributed by atoms with van der Waals surface area (Å²) < 4.78 is 13.2. The molecule has 0 amide bonds. The maximum Gasteiger partial charge on any atom is 0.164 e. The van der Waals surface area contributed by atoms with Gasteiger partial charge in [0.25, 0.3) is 0 Å². The van der Waals surface area contributed by atoms with E-state index in [0.717, 1.165) is 62.8 Å². The Morgan fingerprint density at radius 3 is 2.17 bits per heavy atom. The van der Waals surface area contributed by atoms with Crippen molar-refractivity contribution in [2.75, 3.05) is 0 Å². The number of hydrogen-bond acceptors (Lipinski definition) is 5. The quantitative estimate of drug-likeness (QED) is 0.187. The number of furan rings is 1. The number of aryl methyl sites for hydroxylation is 1. The number of para-hydroxylation sites is 2. The minimum absolute atomic E-state index is 0.109. The van der Waals surface area contributed by atoms with Crippen molar-refractivity contribution in [3.8, 4) is 28.5 Å². The molecule has 246 valence electrons. The standard InChI is InChI=1S/C47H31N3O2/c1-2-12-28(13-3-1)45-48-46(30-22-23-35-34-18-8-10-20-40(34)51-42(35)27-30)50-47(49-45)38-25-24-36(44-43(38)37-19-9-11-21-41(37)52-44)39-26-29-14-4-5-15-31(29)32-16-6-7-17-33(32)39/h1-3,5-13,15-27,43-44H,4,14H2. The van der Waals surface area contributed by atoms with Gasteiger partial charge < -0.3 is 9.15 Å². The van der Waals surface area contributed by atoms with Gasteiger partial charge in [0.05, 0.1) is 5.92 Å². The molecular formula is C47H31N3O2. The minimum atomic E-state index is -0.245.